The molecule has 3 heteroatoms. The topological polar surface area (TPSA) is 51.7 Å². The van der Waals surface area contributed by atoms with Crippen molar-refractivity contribution >= 4 is 0 Å². The van der Waals surface area contributed by atoms with Crippen molar-refractivity contribution in [3.8, 4) is 5.75 Å². The molecule has 0 saturated carbocycles. The third-order valence-corrected chi connectivity index (χ3v) is 1.12. The molecule has 0 atom stereocenters. The van der Waals surface area contributed by atoms with Crippen molar-refractivity contribution < 1.29 is 38.3 Å². The van der Waals surface area contributed by atoms with Crippen LogP contribution >= 0.6 is 0 Å². The molecular formula is C7H10HgO2. The molecule has 1 aromatic rings. The van der Waals surface area contributed by atoms with Crippen LogP contribution in [0.25, 0.3) is 0 Å². The summed E-state index contributed by atoms with van der Waals surface area (Å²) in [5, 5.41) is 8.92. The van der Waals surface area contributed by atoms with Crippen LogP contribution in [0, 0.1) is 6.92 Å². The number of para-hydroxylation sites is 1. The molecule has 0 spiro atoms. The van der Waals surface area contributed by atoms with Crippen molar-refractivity contribution in [3.63, 3.8) is 0 Å². The summed E-state index contributed by atoms with van der Waals surface area (Å²) in [4.78, 5) is 0. The van der Waals surface area contributed by atoms with E-state index in [0.717, 1.165) is 5.56 Å². The minimum absolute atomic E-state index is 0. The third kappa shape index (κ3) is 3.18. The zero-order valence-corrected chi connectivity index (χ0v) is 11.5. The van der Waals surface area contributed by atoms with Gasteiger partial charge < -0.3 is 10.6 Å². The summed E-state index contributed by atoms with van der Waals surface area (Å²) in [5.41, 5.74) is 0.924. The molecule has 0 unspecified atom stereocenters. The van der Waals surface area contributed by atoms with Gasteiger partial charge in [-0.25, -0.2) is 0 Å². The van der Waals surface area contributed by atoms with Gasteiger partial charge in [-0.3, -0.25) is 0 Å². The maximum absolute atomic E-state index is 8.92. The summed E-state index contributed by atoms with van der Waals surface area (Å²) < 4.78 is 0. The zero-order valence-electron chi connectivity index (χ0n) is 5.96. The van der Waals surface area contributed by atoms with Gasteiger partial charge in [0.15, 0.2) is 0 Å². The van der Waals surface area contributed by atoms with Gasteiger partial charge in [-0.15, -0.1) is 0 Å². The number of rotatable bonds is 0. The second kappa shape index (κ2) is 5.68. The first kappa shape index (κ1) is 12.6. The number of hydrogen-bond acceptors (Lipinski definition) is 1. The van der Waals surface area contributed by atoms with Crippen LogP contribution in [0.2, 0.25) is 0 Å². The summed E-state index contributed by atoms with van der Waals surface area (Å²) >= 11 is 0. The van der Waals surface area contributed by atoms with E-state index < -0.39 is 0 Å². The van der Waals surface area contributed by atoms with Crippen molar-refractivity contribution in [1.82, 2.24) is 0 Å². The van der Waals surface area contributed by atoms with Crippen molar-refractivity contribution in [2.24, 2.45) is 0 Å². The Hall–Kier alpha value is -0.0849. The summed E-state index contributed by atoms with van der Waals surface area (Å²) in [6.07, 6.45) is 0. The number of aryl methyl sites for hydroxylation is 1. The molecule has 0 bridgehead atoms. The Bertz CT molecular complexity index is 168. The Morgan fingerprint density at radius 1 is 1.20 bits per heavy atom. The van der Waals surface area contributed by atoms with E-state index >= 15 is 0 Å². The van der Waals surface area contributed by atoms with Crippen molar-refractivity contribution in [1.29, 1.82) is 0 Å². The van der Waals surface area contributed by atoms with Crippen LogP contribution < -0.4 is 0 Å². The Kier molecular flexibility index (Phi) is 7.15. The van der Waals surface area contributed by atoms with Gasteiger partial charge in [-0.2, -0.15) is 0 Å². The van der Waals surface area contributed by atoms with Crippen molar-refractivity contribution in [2.75, 3.05) is 0 Å². The quantitative estimate of drug-likeness (QED) is 0.707. The monoisotopic (exact) mass is 328 g/mol. The fourth-order valence-electron chi connectivity index (χ4n) is 0.563. The number of aromatic hydroxyl groups is 1. The van der Waals surface area contributed by atoms with Gasteiger partial charge in [-0.05, 0) is 18.6 Å². The molecular weight excluding hydrogens is 317 g/mol. The Morgan fingerprint density at radius 2 is 1.70 bits per heavy atom. The van der Waals surface area contributed by atoms with E-state index in [1.807, 2.05) is 25.1 Å². The van der Waals surface area contributed by atoms with Crippen LogP contribution in [0.15, 0.2) is 24.3 Å². The fourth-order valence-corrected chi connectivity index (χ4v) is 0.563. The maximum Gasteiger partial charge on any atom is 0.118 e. The predicted octanol–water partition coefficient (Wildman–Crippen LogP) is 0.873. The Balaban J connectivity index is 0. The molecule has 2 nitrogen and oxygen atoms in total. The Morgan fingerprint density at radius 3 is 2.00 bits per heavy atom. The Labute approximate surface area is 80.7 Å². The molecule has 0 heterocycles. The van der Waals surface area contributed by atoms with E-state index in [1.165, 1.54) is 0 Å². The summed E-state index contributed by atoms with van der Waals surface area (Å²) in [6.45, 7) is 1.87. The second-order valence-electron chi connectivity index (χ2n) is 1.79. The van der Waals surface area contributed by atoms with Gasteiger partial charge in [0, 0.05) is 27.7 Å². The number of hydrogen-bond donors (Lipinski definition) is 1. The van der Waals surface area contributed by atoms with Gasteiger partial charge in [0.1, 0.15) is 5.75 Å². The van der Waals surface area contributed by atoms with E-state index in [0.29, 0.717) is 5.75 Å². The van der Waals surface area contributed by atoms with Crippen LogP contribution in [0.1, 0.15) is 5.56 Å². The maximum atomic E-state index is 8.92. The smallest absolute Gasteiger partial charge is 0.118 e. The zero-order chi connectivity index (χ0) is 5.98. The predicted molar refractivity (Wildman–Crippen MR) is 36.5 cm³/mol. The normalized spacial score (nSPS) is 7.30. The molecule has 0 amide bonds. The third-order valence-electron chi connectivity index (χ3n) is 1.12. The number of benzene rings is 1. The van der Waals surface area contributed by atoms with Gasteiger partial charge in [0.25, 0.3) is 0 Å². The summed E-state index contributed by atoms with van der Waals surface area (Å²) in [5.74, 6) is 0.368. The molecule has 0 aliphatic carbocycles. The minimum Gasteiger partial charge on any atom is -0.508 e. The summed E-state index contributed by atoms with van der Waals surface area (Å²) in [6, 6.07) is 7.25. The van der Waals surface area contributed by atoms with Crippen LogP contribution in [0.3, 0.4) is 0 Å². The molecule has 1 aromatic carbocycles. The minimum atomic E-state index is 0. The summed E-state index contributed by atoms with van der Waals surface area (Å²) in [7, 11) is 0. The van der Waals surface area contributed by atoms with E-state index in [4.69, 9.17) is 5.11 Å². The van der Waals surface area contributed by atoms with E-state index in [9.17, 15) is 0 Å². The van der Waals surface area contributed by atoms with Crippen molar-refractivity contribution in [3.05, 3.63) is 29.8 Å². The van der Waals surface area contributed by atoms with Crippen LogP contribution in [0.5, 0.6) is 5.75 Å². The molecule has 0 aliphatic heterocycles. The first-order valence-corrected chi connectivity index (χ1v) is 2.55. The molecule has 0 radical (unpaired) electrons. The fraction of sp³-hybridized carbons (Fsp3) is 0.143. The first-order chi connectivity index (χ1) is 3.80. The molecule has 0 aromatic heterocycles. The molecule has 1 rings (SSSR count). The average molecular weight is 327 g/mol. The number of phenolic OH excluding ortho intramolecular Hbond substituents is 1. The standard InChI is InChI=1S/C7H8O.Hg.H2O/c1-6-4-2-3-5-7(6)8;;/h2-5,8H,1H3;;1H2. The largest absolute Gasteiger partial charge is 0.508 e. The van der Waals surface area contributed by atoms with Gasteiger partial charge >= 0.3 is 0 Å². The van der Waals surface area contributed by atoms with E-state index in [2.05, 4.69) is 0 Å². The molecule has 3 N–H and O–H groups in total. The van der Waals surface area contributed by atoms with Gasteiger partial charge in [0.2, 0.25) is 0 Å². The van der Waals surface area contributed by atoms with Crippen molar-refractivity contribution in [2.45, 2.75) is 6.92 Å². The molecule has 10 heavy (non-hydrogen) atoms. The number of phenols is 1. The molecule has 0 fully saturated rings. The van der Waals surface area contributed by atoms with Gasteiger partial charge in [0.05, 0.1) is 0 Å². The van der Waals surface area contributed by atoms with Crippen LogP contribution in [-0.4, -0.2) is 10.6 Å². The average Bonchev–Trinajstić information content (AvgIpc) is 1.77. The van der Waals surface area contributed by atoms with Gasteiger partial charge in [-0.1, -0.05) is 18.2 Å². The molecule has 0 saturated heterocycles. The van der Waals surface area contributed by atoms with E-state index in [-0.39, 0.29) is 33.1 Å². The van der Waals surface area contributed by atoms with E-state index in [1.54, 1.807) is 6.07 Å². The SMILES string of the molecule is Cc1ccccc1O.O.[Hg]. The second-order valence-corrected chi connectivity index (χ2v) is 1.79. The van der Waals surface area contributed by atoms with Crippen LogP contribution in [-0.2, 0) is 27.7 Å². The first-order valence-electron chi connectivity index (χ1n) is 2.55. The van der Waals surface area contributed by atoms with Crippen LogP contribution in [0.4, 0.5) is 0 Å². The molecule has 52 valence electrons. The molecule has 0 aliphatic rings.